The summed E-state index contributed by atoms with van der Waals surface area (Å²) in [6, 6.07) is 3.61. The number of carbonyl (C=O) groups excluding carboxylic acids is 2. The highest BCUT2D eigenvalue weighted by Crippen LogP contribution is 2.60. The van der Waals surface area contributed by atoms with Crippen molar-refractivity contribution in [2.45, 2.75) is 53.8 Å². The fourth-order valence-electron chi connectivity index (χ4n) is 5.41. The van der Waals surface area contributed by atoms with Gasteiger partial charge in [0.2, 0.25) is 18.3 Å². The zero-order valence-electron chi connectivity index (χ0n) is 25.9. The number of benzene rings is 2. The molecule has 1 heterocycles. The van der Waals surface area contributed by atoms with Gasteiger partial charge in [-0.25, -0.2) is 4.79 Å². The first-order valence-electron chi connectivity index (χ1n) is 13.9. The van der Waals surface area contributed by atoms with Gasteiger partial charge in [0.1, 0.15) is 12.2 Å². The average Bonchev–Trinajstić information content (AvgIpc) is 3.47. The molecule has 228 valence electrons. The third-order valence-corrected chi connectivity index (χ3v) is 8.07. The molecule has 10 heteroatoms. The summed E-state index contributed by atoms with van der Waals surface area (Å²) >= 11 is 0. The zero-order chi connectivity index (χ0) is 30.9. The molecule has 42 heavy (non-hydrogen) atoms. The van der Waals surface area contributed by atoms with Gasteiger partial charge in [0, 0.05) is 39.7 Å². The highest BCUT2D eigenvalue weighted by molar-refractivity contribution is 5.91. The van der Waals surface area contributed by atoms with Crippen molar-refractivity contribution >= 4 is 11.9 Å². The first-order chi connectivity index (χ1) is 20.0. The van der Waals surface area contributed by atoms with Crippen LogP contribution in [0.3, 0.4) is 0 Å². The molecule has 2 aliphatic rings. The fourth-order valence-corrected chi connectivity index (χ4v) is 5.41. The van der Waals surface area contributed by atoms with E-state index in [-0.39, 0.29) is 30.5 Å². The lowest BCUT2D eigenvalue weighted by molar-refractivity contribution is -0.161. The second-order valence-electron chi connectivity index (χ2n) is 10.7. The maximum Gasteiger partial charge on any atom is 0.333 e. The van der Waals surface area contributed by atoms with Gasteiger partial charge in [0.25, 0.3) is 0 Å². The van der Waals surface area contributed by atoms with Gasteiger partial charge in [-0.15, -0.1) is 0 Å². The Morgan fingerprint density at radius 1 is 0.833 bits per heavy atom. The van der Waals surface area contributed by atoms with Crippen LogP contribution in [0, 0.1) is 17.8 Å². The van der Waals surface area contributed by atoms with Gasteiger partial charge in [0.15, 0.2) is 23.0 Å². The SMILES string of the molecule is CC=C(C)C(=O)OC1c2cc(OC)c(OC)c(OC)c2-c2c(cc3c(c2OC)OCO3)C(OC(=O)C(C)C)C(C)C1C. The van der Waals surface area contributed by atoms with Gasteiger partial charge in [-0.1, -0.05) is 33.8 Å². The molecule has 0 fully saturated rings. The molecule has 2 aromatic carbocycles. The lowest BCUT2D eigenvalue weighted by Crippen LogP contribution is -2.32. The lowest BCUT2D eigenvalue weighted by atomic mass is 9.74. The minimum absolute atomic E-state index is 0.00418. The molecule has 4 rings (SSSR count). The van der Waals surface area contributed by atoms with E-state index in [4.69, 9.17) is 37.9 Å². The smallest absolute Gasteiger partial charge is 0.333 e. The van der Waals surface area contributed by atoms with Crippen LogP contribution in [0.25, 0.3) is 11.1 Å². The second-order valence-corrected chi connectivity index (χ2v) is 10.7. The van der Waals surface area contributed by atoms with Crippen LogP contribution in [0.4, 0.5) is 0 Å². The van der Waals surface area contributed by atoms with Crippen LogP contribution >= 0.6 is 0 Å². The van der Waals surface area contributed by atoms with Crippen molar-refractivity contribution in [3.05, 3.63) is 34.9 Å². The maximum absolute atomic E-state index is 13.3. The number of allylic oxidation sites excluding steroid dienone is 1. The Kier molecular flexibility index (Phi) is 9.13. The summed E-state index contributed by atoms with van der Waals surface area (Å²) in [7, 11) is 6.08. The number of methoxy groups -OCH3 is 4. The van der Waals surface area contributed by atoms with E-state index in [1.54, 1.807) is 39.8 Å². The van der Waals surface area contributed by atoms with Crippen molar-refractivity contribution in [2.75, 3.05) is 35.2 Å². The van der Waals surface area contributed by atoms with Crippen LogP contribution in [0.5, 0.6) is 34.5 Å². The molecule has 0 saturated heterocycles. The number of ether oxygens (including phenoxy) is 8. The van der Waals surface area contributed by atoms with Gasteiger partial charge in [0.05, 0.1) is 34.4 Å². The summed E-state index contributed by atoms with van der Waals surface area (Å²) in [4.78, 5) is 26.4. The van der Waals surface area contributed by atoms with E-state index >= 15 is 0 Å². The minimum Gasteiger partial charge on any atom is -0.493 e. The topological polar surface area (TPSA) is 108 Å². The number of fused-ring (bicyclic) bond motifs is 4. The second kappa shape index (κ2) is 12.4. The fraction of sp³-hybridized carbons (Fsp3) is 0.500. The van der Waals surface area contributed by atoms with Crippen molar-refractivity contribution < 1.29 is 47.5 Å². The van der Waals surface area contributed by atoms with Crippen molar-refractivity contribution in [1.82, 2.24) is 0 Å². The molecule has 1 aliphatic heterocycles. The predicted molar refractivity (Wildman–Crippen MR) is 154 cm³/mol. The van der Waals surface area contributed by atoms with Crippen molar-refractivity contribution in [3.63, 3.8) is 0 Å². The van der Waals surface area contributed by atoms with E-state index in [0.29, 0.717) is 62.3 Å². The Balaban J connectivity index is 2.19. The van der Waals surface area contributed by atoms with Crippen LogP contribution in [-0.2, 0) is 19.1 Å². The molecule has 1 aliphatic carbocycles. The van der Waals surface area contributed by atoms with Crippen LogP contribution in [-0.4, -0.2) is 47.2 Å². The Bertz CT molecular complexity index is 1390. The standard InChI is InChI=1S/C32H40O10/c1-11-16(4)32(34)42-26-18(6)17(5)25(41-31(33)15(2)3)20-13-22-28(40-14-39-22)30(38-10)24(20)23-19(26)12-21(35-7)27(36-8)29(23)37-9/h11-13,15,17-18,25-26H,14H2,1-10H3. The van der Waals surface area contributed by atoms with Crippen molar-refractivity contribution in [2.24, 2.45) is 17.8 Å². The number of hydrogen-bond acceptors (Lipinski definition) is 10. The molecule has 0 bridgehead atoms. The summed E-state index contributed by atoms with van der Waals surface area (Å²) < 4.78 is 47.6. The molecular formula is C32H40O10. The third-order valence-electron chi connectivity index (χ3n) is 8.07. The summed E-state index contributed by atoms with van der Waals surface area (Å²) in [6.07, 6.45) is 0.111. The van der Waals surface area contributed by atoms with Crippen molar-refractivity contribution in [3.8, 4) is 45.6 Å². The van der Waals surface area contributed by atoms with E-state index in [9.17, 15) is 9.59 Å². The summed E-state index contributed by atoms with van der Waals surface area (Å²) in [5, 5.41) is 0. The lowest BCUT2D eigenvalue weighted by Gasteiger charge is -2.39. The highest BCUT2D eigenvalue weighted by Gasteiger charge is 2.44. The van der Waals surface area contributed by atoms with E-state index in [0.717, 1.165) is 0 Å². The molecule has 2 aromatic rings. The summed E-state index contributed by atoms with van der Waals surface area (Å²) in [5.41, 5.74) is 2.76. The first-order valence-corrected chi connectivity index (χ1v) is 13.9. The molecule has 4 unspecified atom stereocenters. The summed E-state index contributed by atoms with van der Waals surface area (Å²) in [5.74, 6) is 0.333. The quantitative estimate of drug-likeness (QED) is 0.263. The number of esters is 2. The Labute approximate surface area is 246 Å². The monoisotopic (exact) mass is 584 g/mol. The van der Waals surface area contributed by atoms with Gasteiger partial charge < -0.3 is 37.9 Å². The molecule has 0 N–H and O–H groups in total. The molecule has 0 amide bonds. The Morgan fingerprint density at radius 3 is 1.95 bits per heavy atom. The first kappa shape index (κ1) is 30.9. The molecular weight excluding hydrogens is 544 g/mol. The average molecular weight is 585 g/mol. The van der Waals surface area contributed by atoms with E-state index < -0.39 is 18.2 Å². The van der Waals surface area contributed by atoms with Crippen LogP contribution in [0.15, 0.2) is 23.8 Å². The van der Waals surface area contributed by atoms with Crippen LogP contribution in [0.1, 0.15) is 64.9 Å². The molecule has 0 aromatic heterocycles. The van der Waals surface area contributed by atoms with E-state index in [1.165, 1.54) is 28.4 Å². The van der Waals surface area contributed by atoms with Gasteiger partial charge in [-0.3, -0.25) is 4.79 Å². The van der Waals surface area contributed by atoms with Crippen LogP contribution < -0.4 is 28.4 Å². The highest BCUT2D eigenvalue weighted by atomic mass is 16.7. The van der Waals surface area contributed by atoms with Gasteiger partial charge >= 0.3 is 11.9 Å². The van der Waals surface area contributed by atoms with E-state index in [1.807, 2.05) is 19.9 Å². The van der Waals surface area contributed by atoms with Crippen LogP contribution in [0.2, 0.25) is 0 Å². The molecule has 10 nitrogen and oxygen atoms in total. The Hall–Kier alpha value is -4.08. The largest absolute Gasteiger partial charge is 0.493 e. The molecule has 4 atom stereocenters. The maximum atomic E-state index is 13.3. The molecule has 0 saturated carbocycles. The van der Waals surface area contributed by atoms with Crippen molar-refractivity contribution in [1.29, 1.82) is 0 Å². The van der Waals surface area contributed by atoms with Gasteiger partial charge in [-0.2, -0.15) is 0 Å². The Morgan fingerprint density at radius 2 is 1.40 bits per heavy atom. The number of hydrogen-bond donors (Lipinski definition) is 0. The van der Waals surface area contributed by atoms with E-state index in [2.05, 4.69) is 0 Å². The van der Waals surface area contributed by atoms with Gasteiger partial charge in [-0.05, 0) is 26.0 Å². The minimum atomic E-state index is -0.811. The summed E-state index contributed by atoms with van der Waals surface area (Å²) in [6.45, 7) is 11.0. The third kappa shape index (κ3) is 5.18. The molecule has 0 radical (unpaired) electrons. The zero-order valence-corrected chi connectivity index (χ0v) is 25.9. The number of rotatable bonds is 8. The number of carbonyl (C=O) groups is 2. The molecule has 0 spiro atoms. The normalized spacial score (nSPS) is 21.0. The predicted octanol–water partition coefficient (Wildman–Crippen LogP) is 6.19.